The Labute approximate surface area is 127 Å². The number of nitrogens with one attached hydrogen (secondary N) is 1. The first-order valence-corrected chi connectivity index (χ1v) is 8.42. The van der Waals surface area contributed by atoms with Crippen LogP contribution in [0.15, 0.2) is 30.3 Å². The van der Waals surface area contributed by atoms with Gasteiger partial charge in [-0.1, -0.05) is 36.8 Å². The minimum atomic E-state index is 0.0759. The molecular formula is C18H26N2O. The molecule has 3 rings (SSSR count). The summed E-state index contributed by atoms with van der Waals surface area (Å²) in [7, 11) is 0. The van der Waals surface area contributed by atoms with Crippen molar-refractivity contribution in [3.05, 3.63) is 35.9 Å². The van der Waals surface area contributed by atoms with Crippen LogP contribution in [0, 0.1) is 0 Å². The highest BCUT2D eigenvalue weighted by atomic mass is 16.2. The molecule has 1 aromatic rings. The largest absolute Gasteiger partial charge is 0.341 e. The van der Waals surface area contributed by atoms with Crippen LogP contribution in [-0.2, 0) is 4.79 Å². The number of carbonyl (C=O) groups is 1. The number of rotatable bonds is 2. The smallest absolute Gasteiger partial charge is 0.239 e. The Kier molecular flexibility index (Phi) is 4.91. The number of likely N-dealkylation sites (tertiary alicyclic amines) is 1. The van der Waals surface area contributed by atoms with Crippen molar-refractivity contribution in [2.45, 2.75) is 50.5 Å². The first-order valence-electron chi connectivity index (χ1n) is 8.42. The highest BCUT2D eigenvalue weighted by molar-refractivity contribution is 5.82. The second-order valence-electron chi connectivity index (χ2n) is 6.37. The minimum Gasteiger partial charge on any atom is -0.341 e. The summed E-state index contributed by atoms with van der Waals surface area (Å²) in [6.07, 6.45) is 6.83. The summed E-state index contributed by atoms with van der Waals surface area (Å²) < 4.78 is 0. The van der Waals surface area contributed by atoms with E-state index in [1.54, 1.807) is 0 Å². The van der Waals surface area contributed by atoms with Crippen molar-refractivity contribution in [1.29, 1.82) is 0 Å². The van der Waals surface area contributed by atoms with Crippen LogP contribution in [0.2, 0.25) is 0 Å². The molecule has 1 amide bonds. The molecule has 2 aliphatic heterocycles. The molecular weight excluding hydrogens is 260 g/mol. The molecule has 3 nitrogen and oxygen atoms in total. The molecule has 2 unspecified atom stereocenters. The molecule has 0 aliphatic carbocycles. The molecule has 21 heavy (non-hydrogen) atoms. The zero-order chi connectivity index (χ0) is 14.5. The molecule has 2 aliphatic rings. The van der Waals surface area contributed by atoms with Crippen LogP contribution in [0.4, 0.5) is 0 Å². The Balaban J connectivity index is 1.59. The number of hydrogen-bond donors (Lipinski definition) is 1. The highest BCUT2D eigenvalue weighted by Crippen LogP contribution is 2.28. The Bertz CT molecular complexity index is 454. The molecule has 0 radical (unpaired) electrons. The van der Waals surface area contributed by atoms with Gasteiger partial charge in [-0.15, -0.1) is 0 Å². The normalized spacial score (nSPS) is 27.1. The van der Waals surface area contributed by atoms with Gasteiger partial charge in [0.15, 0.2) is 0 Å². The van der Waals surface area contributed by atoms with Gasteiger partial charge < -0.3 is 10.2 Å². The van der Waals surface area contributed by atoms with Crippen LogP contribution in [-0.4, -0.2) is 36.5 Å². The van der Waals surface area contributed by atoms with Gasteiger partial charge in [0.05, 0.1) is 6.04 Å². The quantitative estimate of drug-likeness (QED) is 0.906. The summed E-state index contributed by atoms with van der Waals surface area (Å²) in [4.78, 5) is 14.7. The van der Waals surface area contributed by atoms with Gasteiger partial charge >= 0.3 is 0 Å². The molecule has 0 aromatic heterocycles. The number of carbonyl (C=O) groups excluding carboxylic acids is 1. The lowest BCUT2D eigenvalue weighted by Crippen LogP contribution is -2.48. The van der Waals surface area contributed by atoms with Crippen molar-refractivity contribution in [1.82, 2.24) is 10.2 Å². The van der Waals surface area contributed by atoms with Crippen molar-refractivity contribution in [3.8, 4) is 0 Å². The third-order valence-electron chi connectivity index (χ3n) is 4.92. The summed E-state index contributed by atoms with van der Waals surface area (Å²) in [5, 5.41) is 3.39. The van der Waals surface area contributed by atoms with E-state index in [-0.39, 0.29) is 6.04 Å². The fourth-order valence-electron chi connectivity index (χ4n) is 3.66. The zero-order valence-electron chi connectivity index (χ0n) is 12.8. The summed E-state index contributed by atoms with van der Waals surface area (Å²) in [6.45, 7) is 2.84. The first kappa shape index (κ1) is 14.6. The summed E-state index contributed by atoms with van der Waals surface area (Å²) >= 11 is 0. The predicted molar refractivity (Wildman–Crippen MR) is 85.3 cm³/mol. The van der Waals surface area contributed by atoms with E-state index in [1.807, 2.05) is 0 Å². The molecule has 0 saturated carbocycles. The van der Waals surface area contributed by atoms with Crippen molar-refractivity contribution in [2.24, 2.45) is 0 Å². The van der Waals surface area contributed by atoms with Crippen LogP contribution >= 0.6 is 0 Å². The molecule has 2 atom stereocenters. The van der Waals surface area contributed by atoms with Crippen molar-refractivity contribution in [3.63, 3.8) is 0 Å². The fourth-order valence-corrected chi connectivity index (χ4v) is 3.66. The maximum atomic E-state index is 12.6. The number of piperidine rings is 1. The van der Waals surface area contributed by atoms with Crippen LogP contribution in [0.3, 0.4) is 0 Å². The third kappa shape index (κ3) is 3.65. The Morgan fingerprint density at radius 2 is 1.86 bits per heavy atom. The first-order chi connectivity index (χ1) is 10.3. The monoisotopic (exact) mass is 286 g/mol. The second-order valence-corrected chi connectivity index (χ2v) is 6.37. The molecule has 3 heteroatoms. The van der Waals surface area contributed by atoms with Crippen LogP contribution in [0.1, 0.15) is 50.0 Å². The van der Waals surface area contributed by atoms with Gasteiger partial charge in [0, 0.05) is 13.1 Å². The summed E-state index contributed by atoms with van der Waals surface area (Å²) in [6, 6.07) is 10.8. The molecule has 2 saturated heterocycles. The predicted octanol–water partition coefficient (Wildman–Crippen LogP) is 2.92. The maximum absolute atomic E-state index is 12.6. The topological polar surface area (TPSA) is 32.3 Å². The molecule has 2 heterocycles. The SMILES string of the molecule is O=C(C1CCCCN1)N1CCCC(c2ccccc2)CC1. The lowest BCUT2D eigenvalue weighted by atomic mass is 9.92. The molecule has 2 fully saturated rings. The van der Waals surface area contributed by atoms with E-state index in [4.69, 9.17) is 0 Å². The Morgan fingerprint density at radius 3 is 2.62 bits per heavy atom. The van der Waals surface area contributed by atoms with Gasteiger partial charge in [-0.25, -0.2) is 0 Å². The van der Waals surface area contributed by atoms with Gasteiger partial charge in [0.25, 0.3) is 0 Å². The van der Waals surface area contributed by atoms with E-state index in [0.717, 1.165) is 38.9 Å². The van der Waals surface area contributed by atoms with Crippen LogP contribution in [0.5, 0.6) is 0 Å². The van der Waals surface area contributed by atoms with Crippen molar-refractivity contribution >= 4 is 5.91 Å². The van der Waals surface area contributed by atoms with Crippen LogP contribution in [0.25, 0.3) is 0 Å². The molecule has 1 aromatic carbocycles. The maximum Gasteiger partial charge on any atom is 0.239 e. The molecule has 0 bridgehead atoms. The zero-order valence-corrected chi connectivity index (χ0v) is 12.8. The lowest BCUT2D eigenvalue weighted by Gasteiger charge is -2.29. The summed E-state index contributed by atoms with van der Waals surface area (Å²) in [5.74, 6) is 0.951. The number of hydrogen-bond acceptors (Lipinski definition) is 2. The molecule has 0 spiro atoms. The van der Waals surface area contributed by atoms with Gasteiger partial charge in [0.1, 0.15) is 0 Å². The number of benzene rings is 1. The molecule has 114 valence electrons. The van der Waals surface area contributed by atoms with E-state index >= 15 is 0 Å². The minimum absolute atomic E-state index is 0.0759. The van der Waals surface area contributed by atoms with Gasteiger partial charge in [-0.2, -0.15) is 0 Å². The highest BCUT2D eigenvalue weighted by Gasteiger charge is 2.27. The van der Waals surface area contributed by atoms with E-state index in [1.165, 1.54) is 24.8 Å². The number of nitrogens with zero attached hydrogens (tertiary/aromatic N) is 1. The van der Waals surface area contributed by atoms with Gasteiger partial charge in [0.2, 0.25) is 5.91 Å². The standard InChI is InChI=1S/C18H26N2O/c21-18(17-10-4-5-12-19-17)20-13-6-9-16(11-14-20)15-7-2-1-3-8-15/h1-3,7-8,16-17,19H,4-6,9-14H2. The van der Waals surface area contributed by atoms with E-state index in [9.17, 15) is 4.79 Å². The molecule has 1 N–H and O–H groups in total. The van der Waals surface area contributed by atoms with Gasteiger partial charge in [-0.3, -0.25) is 4.79 Å². The average Bonchev–Trinajstić information content (AvgIpc) is 2.82. The summed E-state index contributed by atoms with van der Waals surface area (Å²) in [5.41, 5.74) is 1.43. The lowest BCUT2D eigenvalue weighted by molar-refractivity contribution is -0.134. The van der Waals surface area contributed by atoms with E-state index in [0.29, 0.717) is 11.8 Å². The van der Waals surface area contributed by atoms with Crippen molar-refractivity contribution < 1.29 is 4.79 Å². The second kappa shape index (κ2) is 7.08. The van der Waals surface area contributed by atoms with E-state index < -0.39 is 0 Å². The third-order valence-corrected chi connectivity index (χ3v) is 4.92. The average molecular weight is 286 g/mol. The Hall–Kier alpha value is -1.35. The van der Waals surface area contributed by atoms with Gasteiger partial charge in [-0.05, 0) is 50.1 Å². The fraction of sp³-hybridized carbons (Fsp3) is 0.611. The van der Waals surface area contributed by atoms with Crippen molar-refractivity contribution in [2.75, 3.05) is 19.6 Å². The van der Waals surface area contributed by atoms with Crippen LogP contribution < -0.4 is 5.32 Å². The Morgan fingerprint density at radius 1 is 1.00 bits per heavy atom. The van der Waals surface area contributed by atoms with E-state index in [2.05, 4.69) is 40.5 Å². The number of amides is 1.